The third kappa shape index (κ3) is 5.41. The van der Waals surface area contributed by atoms with Crippen molar-refractivity contribution in [3.8, 4) is 11.4 Å². The average Bonchev–Trinajstić information content (AvgIpc) is 3.01. The summed E-state index contributed by atoms with van der Waals surface area (Å²) in [5, 5.41) is 20.3. The zero-order chi connectivity index (χ0) is 18.5. The van der Waals surface area contributed by atoms with Crippen LogP contribution in [0.25, 0.3) is 5.69 Å². The number of carbonyl (C=O) groups excluding carboxylic acids is 1. The van der Waals surface area contributed by atoms with Gasteiger partial charge in [-0.25, -0.2) is 9.07 Å². The van der Waals surface area contributed by atoms with Gasteiger partial charge in [-0.15, -0.1) is 12.4 Å². The van der Waals surface area contributed by atoms with Crippen LogP contribution in [0.3, 0.4) is 0 Å². The van der Waals surface area contributed by atoms with E-state index in [4.69, 9.17) is 0 Å². The molecule has 2 heterocycles. The van der Waals surface area contributed by atoms with E-state index in [0.29, 0.717) is 17.8 Å². The van der Waals surface area contributed by atoms with Crippen LogP contribution < -0.4 is 10.6 Å². The maximum atomic E-state index is 13.2. The summed E-state index contributed by atoms with van der Waals surface area (Å²) in [5.74, 6) is -0.959. The van der Waals surface area contributed by atoms with Gasteiger partial charge in [0, 0.05) is 32.7 Å². The highest BCUT2D eigenvalue weighted by atomic mass is 35.5. The smallest absolute Gasteiger partial charge is 0.275 e. The molecule has 1 amide bonds. The van der Waals surface area contributed by atoms with Crippen molar-refractivity contribution < 1.29 is 14.3 Å². The first-order valence-corrected chi connectivity index (χ1v) is 8.81. The Hall–Kier alpha value is -2.16. The van der Waals surface area contributed by atoms with E-state index in [2.05, 4.69) is 20.6 Å². The van der Waals surface area contributed by atoms with Gasteiger partial charge in [0.2, 0.25) is 0 Å². The van der Waals surface area contributed by atoms with Crippen LogP contribution in [0.2, 0.25) is 0 Å². The second-order valence-corrected chi connectivity index (χ2v) is 6.44. The number of carbonyl (C=O) groups is 1. The summed E-state index contributed by atoms with van der Waals surface area (Å²) < 4.78 is 14.6. The number of piperazine rings is 1. The lowest BCUT2D eigenvalue weighted by Crippen LogP contribution is -2.44. The number of amides is 1. The highest BCUT2D eigenvalue weighted by Crippen LogP contribution is 2.20. The fourth-order valence-corrected chi connectivity index (χ4v) is 3.05. The molecule has 0 saturated carbocycles. The van der Waals surface area contributed by atoms with Gasteiger partial charge in [0.05, 0.1) is 11.9 Å². The molecule has 148 valence electrons. The molecule has 9 heteroatoms. The van der Waals surface area contributed by atoms with Crippen molar-refractivity contribution in [2.24, 2.45) is 0 Å². The largest absolute Gasteiger partial charge is 0.504 e. The minimum absolute atomic E-state index is 0. The lowest BCUT2D eigenvalue weighted by Gasteiger charge is -2.26. The second kappa shape index (κ2) is 9.68. The third-order valence-electron chi connectivity index (χ3n) is 4.46. The monoisotopic (exact) mass is 397 g/mol. The number of aryl methyl sites for hydroxylation is 1. The number of nitrogens with zero attached hydrogens (tertiary/aromatic N) is 3. The lowest BCUT2D eigenvalue weighted by molar-refractivity contribution is 0.0943. The number of benzene rings is 1. The number of hydrogen-bond donors (Lipinski definition) is 3. The van der Waals surface area contributed by atoms with Crippen molar-refractivity contribution in [3.63, 3.8) is 0 Å². The van der Waals surface area contributed by atoms with Crippen molar-refractivity contribution >= 4 is 18.3 Å². The van der Waals surface area contributed by atoms with Crippen LogP contribution in [0.5, 0.6) is 5.75 Å². The number of halogens is 2. The highest BCUT2D eigenvalue weighted by Gasteiger charge is 2.18. The average molecular weight is 398 g/mol. The molecule has 1 aromatic carbocycles. The van der Waals surface area contributed by atoms with Crippen molar-refractivity contribution in [3.05, 3.63) is 41.5 Å². The van der Waals surface area contributed by atoms with E-state index >= 15 is 0 Å². The third-order valence-corrected chi connectivity index (χ3v) is 4.46. The quantitative estimate of drug-likeness (QED) is 0.643. The zero-order valence-corrected chi connectivity index (χ0v) is 16.1. The molecule has 3 rings (SSSR count). The molecule has 2 aromatic rings. The minimum Gasteiger partial charge on any atom is -0.504 e. The molecule has 0 spiro atoms. The van der Waals surface area contributed by atoms with Crippen LogP contribution in [-0.2, 0) is 0 Å². The molecule has 0 bridgehead atoms. The molecule has 0 unspecified atom stereocenters. The van der Waals surface area contributed by atoms with Gasteiger partial charge in [-0.1, -0.05) is 0 Å². The van der Waals surface area contributed by atoms with Crippen molar-refractivity contribution in [1.29, 1.82) is 0 Å². The van der Waals surface area contributed by atoms with Crippen LogP contribution in [-0.4, -0.2) is 65.0 Å². The first-order chi connectivity index (χ1) is 12.5. The zero-order valence-electron chi connectivity index (χ0n) is 15.2. The summed E-state index contributed by atoms with van der Waals surface area (Å²) >= 11 is 0. The van der Waals surface area contributed by atoms with E-state index in [1.54, 1.807) is 13.0 Å². The Morgan fingerprint density at radius 1 is 1.37 bits per heavy atom. The van der Waals surface area contributed by atoms with Crippen molar-refractivity contribution in [2.75, 3.05) is 39.3 Å². The van der Waals surface area contributed by atoms with Gasteiger partial charge in [-0.3, -0.25) is 4.79 Å². The molecule has 1 aliphatic heterocycles. The van der Waals surface area contributed by atoms with Crippen molar-refractivity contribution in [1.82, 2.24) is 25.3 Å². The molecule has 1 saturated heterocycles. The van der Waals surface area contributed by atoms with Crippen LogP contribution in [0.4, 0.5) is 4.39 Å². The van der Waals surface area contributed by atoms with Crippen LogP contribution in [0, 0.1) is 12.7 Å². The number of aromatic hydroxyl groups is 1. The molecule has 1 fully saturated rings. The van der Waals surface area contributed by atoms with E-state index in [9.17, 15) is 14.3 Å². The maximum Gasteiger partial charge on any atom is 0.275 e. The fourth-order valence-electron chi connectivity index (χ4n) is 3.05. The SMILES string of the molecule is Cc1cc(F)ccc1-n1cc(O)c(C(=O)NCCCN2CCNCC2)n1.Cl. The Bertz CT molecular complexity index is 777. The summed E-state index contributed by atoms with van der Waals surface area (Å²) in [7, 11) is 0. The molecule has 0 radical (unpaired) electrons. The van der Waals surface area contributed by atoms with Gasteiger partial charge in [-0.05, 0) is 43.7 Å². The Kier molecular flexibility index (Phi) is 7.58. The number of hydrogen-bond acceptors (Lipinski definition) is 5. The predicted octanol–water partition coefficient (Wildman–Crippen LogP) is 1.47. The van der Waals surface area contributed by atoms with Crippen molar-refractivity contribution in [2.45, 2.75) is 13.3 Å². The maximum absolute atomic E-state index is 13.2. The number of aromatic nitrogens is 2. The number of nitrogens with one attached hydrogen (secondary N) is 2. The summed E-state index contributed by atoms with van der Waals surface area (Å²) in [5.41, 5.74) is 1.24. The van der Waals surface area contributed by atoms with E-state index in [-0.39, 0.29) is 29.7 Å². The van der Waals surface area contributed by atoms with Gasteiger partial charge >= 0.3 is 0 Å². The van der Waals surface area contributed by atoms with E-state index in [1.807, 2.05) is 0 Å². The lowest BCUT2D eigenvalue weighted by atomic mass is 10.2. The summed E-state index contributed by atoms with van der Waals surface area (Å²) in [6.07, 6.45) is 2.19. The van der Waals surface area contributed by atoms with Gasteiger partial charge in [0.25, 0.3) is 5.91 Å². The molecule has 1 aromatic heterocycles. The van der Waals surface area contributed by atoms with Crippen LogP contribution >= 0.6 is 12.4 Å². The first kappa shape index (κ1) is 21.1. The Balaban J connectivity index is 0.00000261. The van der Waals surface area contributed by atoms with E-state index < -0.39 is 5.91 Å². The standard InChI is InChI=1S/C18H24FN5O2.ClH/c1-13-11-14(19)3-4-15(13)24-12-16(25)17(22-24)18(26)21-5-2-8-23-9-6-20-7-10-23;/h3-4,11-12,20,25H,2,5-10H2,1H3,(H,21,26);1H. The normalized spacial score (nSPS) is 14.6. The Morgan fingerprint density at radius 2 is 2.11 bits per heavy atom. The van der Waals surface area contributed by atoms with E-state index in [0.717, 1.165) is 39.1 Å². The summed E-state index contributed by atoms with van der Waals surface area (Å²) in [4.78, 5) is 14.6. The topological polar surface area (TPSA) is 82.4 Å². The van der Waals surface area contributed by atoms with Crippen LogP contribution in [0.1, 0.15) is 22.5 Å². The molecular weight excluding hydrogens is 373 g/mol. The highest BCUT2D eigenvalue weighted by molar-refractivity contribution is 5.94. The van der Waals surface area contributed by atoms with Gasteiger partial charge < -0.3 is 20.6 Å². The molecule has 7 nitrogen and oxygen atoms in total. The summed E-state index contributed by atoms with van der Waals surface area (Å²) in [6.45, 7) is 7.24. The molecule has 3 N–H and O–H groups in total. The molecular formula is C18H25ClFN5O2. The van der Waals surface area contributed by atoms with Gasteiger partial charge in [0.1, 0.15) is 5.82 Å². The molecule has 1 aliphatic rings. The van der Waals surface area contributed by atoms with Gasteiger partial charge in [0.15, 0.2) is 11.4 Å². The summed E-state index contributed by atoms with van der Waals surface area (Å²) in [6, 6.07) is 4.26. The van der Waals surface area contributed by atoms with Gasteiger partial charge in [-0.2, -0.15) is 5.10 Å². The first-order valence-electron chi connectivity index (χ1n) is 8.81. The van der Waals surface area contributed by atoms with Crippen LogP contribution in [0.15, 0.2) is 24.4 Å². The second-order valence-electron chi connectivity index (χ2n) is 6.44. The Labute approximate surface area is 164 Å². The molecule has 27 heavy (non-hydrogen) atoms. The minimum atomic E-state index is -0.415. The van der Waals surface area contributed by atoms with E-state index in [1.165, 1.54) is 23.0 Å². The molecule has 0 atom stereocenters. The Morgan fingerprint density at radius 3 is 2.81 bits per heavy atom. The molecule has 0 aliphatic carbocycles. The fraction of sp³-hybridized carbons (Fsp3) is 0.444. The number of rotatable bonds is 6. The predicted molar refractivity (Wildman–Crippen MR) is 103 cm³/mol.